The third kappa shape index (κ3) is 31.9. The summed E-state index contributed by atoms with van der Waals surface area (Å²) < 4.78 is 18.0. The summed E-state index contributed by atoms with van der Waals surface area (Å²) in [6.45, 7) is 5.50. The van der Waals surface area contributed by atoms with Gasteiger partial charge in [-0.1, -0.05) is 6.92 Å². The van der Waals surface area contributed by atoms with Crippen molar-refractivity contribution in [2.24, 2.45) is 0 Å². The first kappa shape index (κ1) is 23.8. The Morgan fingerprint density at radius 2 is 1.54 bits per heavy atom. The van der Waals surface area contributed by atoms with Gasteiger partial charge in [-0.25, -0.2) is 4.57 Å². The van der Waals surface area contributed by atoms with Crippen LogP contribution in [0.1, 0.15) is 13.3 Å². The van der Waals surface area contributed by atoms with E-state index in [9.17, 15) is 4.57 Å². The predicted molar refractivity (Wildman–Crippen MR) is 51.6 cm³/mol. The molecule has 0 atom stereocenters. The van der Waals surface area contributed by atoms with Crippen LogP contribution in [0.15, 0.2) is 0 Å². The summed E-state index contributed by atoms with van der Waals surface area (Å²) in [5, 5.41) is 0. The van der Waals surface area contributed by atoms with Gasteiger partial charge < -0.3 is 16.6 Å². The molecular weight excluding hydrogens is 222 g/mol. The van der Waals surface area contributed by atoms with Gasteiger partial charge in [-0.2, -0.15) is 6.42 Å². The van der Waals surface area contributed by atoms with Gasteiger partial charge in [0, 0.05) is 14.2 Å². The van der Waals surface area contributed by atoms with E-state index >= 15 is 0 Å². The quantitative estimate of drug-likeness (QED) is 0.303. The molecule has 0 aromatic carbocycles. The summed E-state index contributed by atoms with van der Waals surface area (Å²) in [6.07, 6.45) is 1.00. The van der Waals surface area contributed by atoms with Crippen molar-refractivity contribution in [3.05, 3.63) is 6.92 Å². The van der Waals surface area contributed by atoms with E-state index in [-0.39, 0.29) is 29.6 Å². The van der Waals surface area contributed by atoms with Crippen LogP contribution in [0.25, 0.3) is 0 Å². The molecule has 0 aliphatic carbocycles. The average molecular weight is 240 g/mol. The number of hydrogen-bond acceptors (Lipinski definition) is 4. The van der Waals surface area contributed by atoms with Crippen LogP contribution in [0, 0.1) is 6.92 Å². The molecule has 5 nitrogen and oxygen atoms in total. The Morgan fingerprint density at radius 3 is 1.54 bits per heavy atom. The number of phosphoric ester groups is 1. The molecule has 0 fully saturated rings. The second kappa shape index (κ2) is 19.0. The molecule has 0 aromatic heterocycles. The van der Waals surface area contributed by atoms with Crippen molar-refractivity contribution in [2.45, 2.75) is 13.3 Å². The van der Waals surface area contributed by atoms with Crippen LogP contribution in [0.4, 0.5) is 0 Å². The molecule has 8 heteroatoms. The molecule has 0 aliphatic rings. The Morgan fingerprint density at radius 1 is 1.38 bits per heavy atom. The van der Waals surface area contributed by atoms with Crippen LogP contribution in [0.3, 0.4) is 0 Å². The largest absolute Gasteiger partial charge is 1.00 e. The van der Waals surface area contributed by atoms with Crippen molar-refractivity contribution >= 4 is 18.3 Å². The maximum Gasteiger partial charge on any atom is 1.00 e. The molecule has 2 N–H and O–H groups in total. The summed E-state index contributed by atoms with van der Waals surface area (Å²) in [5.41, 5.74) is 0. The first-order chi connectivity index (χ1) is 5.54. The zero-order chi connectivity index (χ0) is 10.6. The van der Waals surface area contributed by atoms with E-state index in [4.69, 9.17) is 9.69 Å². The molecule has 0 bridgehead atoms. The third-order valence-electron chi connectivity index (χ3n) is 0.461. The maximum atomic E-state index is 10.1. The summed E-state index contributed by atoms with van der Waals surface area (Å²) >= 11 is 0. The molecule has 0 saturated carbocycles. The van der Waals surface area contributed by atoms with Gasteiger partial charge >= 0.3 is 37.4 Å². The second-order valence-electron chi connectivity index (χ2n) is 1.33. The van der Waals surface area contributed by atoms with Gasteiger partial charge in [0.2, 0.25) is 0 Å². The molecule has 0 rings (SSSR count). The zero-order valence-electron chi connectivity index (χ0n) is 8.98. The van der Waals surface area contributed by atoms with Crippen LogP contribution in [0.2, 0.25) is 0 Å². The van der Waals surface area contributed by atoms with E-state index in [2.05, 4.69) is 16.0 Å². The fourth-order valence-electron chi connectivity index (χ4n) is 0.0745. The first-order valence-electron chi connectivity index (χ1n) is 3.22. The number of rotatable bonds is 2. The summed E-state index contributed by atoms with van der Waals surface area (Å²) in [7, 11) is -1.15. The van der Waals surface area contributed by atoms with E-state index in [1.165, 1.54) is 0 Å². The van der Waals surface area contributed by atoms with Crippen molar-refractivity contribution in [1.82, 2.24) is 0 Å². The van der Waals surface area contributed by atoms with E-state index in [1.807, 2.05) is 6.92 Å². The summed E-state index contributed by atoms with van der Waals surface area (Å²) in [5.74, 6) is 0. The van der Waals surface area contributed by atoms with Gasteiger partial charge in [-0.05, 0) is 0 Å². The maximum absolute atomic E-state index is 10.1. The fraction of sp³-hybridized carbons (Fsp3) is 0.800. The van der Waals surface area contributed by atoms with E-state index in [1.54, 1.807) is 0 Å². The molecular formula is C5H18NaO5PSi. The normalized spacial score (nSPS) is 8.46. The van der Waals surface area contributed by atoms with Crippen molar-refractivity contribution in [1.29, 1.82) is 0 Å². The van der Waals surface area contributed by atoms with Gasteiger partial charge in [0.25, 0.3) is 0 Å². The monoisotopic (exact) mass is 240 g/mol. The molecule has 13 heavy (non-hydrogen) atoms. The van der Waals surface area contributed by atoms with Crippen LogP contribution >= 0.6 is 7.82 Å². The minimum absolute atomic E-state index is 0. The van der Waals surface area contributed by atoms with E-state index < -0.39 is 7.82 Å². The SMILES string of the molecule is COP(=O)(O)OC.O[SiH3].[CH2-]CC.[Na+]. The van der Waals surface area contributed by atoms with Crippen LogP contribution in [-0.2, 0) is 13.6 Å². The molecule has 0 spiro atoms. The molecule has 0 heterocycles. The first-order valence-corrected chi connectivity index (χ1v) is 5.61. The van der Waals surface area contributed by atoms with Gasteiger partial charge in [-0.15, -0.1) is 0 Å². The van der Waals surface area contributed by atoms with Crippen molar-refractivity contribution < 1.29 is 52.9 Å². The molecule has 0 aromatic rings. The predicted octanol–water partition coefficient (Wildman–Crippen LogP) is -3.13. The zero-order valence-corrected chi connectivity index (χ0v) is 13.9. The van der Waals surface area contributed by atoms with Crippen LogP contribution in [0.5, 0.6) is 0 Å². The number of hydrogen-bond donors (Lipinski definition) is 2. The molecule has 0 saturated heterocycles. The molecule has 0 aliphatic heterocycles. The Kier molecular flexibility index (Phi) is 34.8. The topological polar surface area (TPSA) is 76.0 Å². The van der Waals surface area contributed by atoms with Crippen LogP contribution in [-0.4, -0.2) is 34.4 Å². The summed E-state index contributed by atoms with van der Waals surface area (Å²) in [4.78, 5) is 15.4. The van der Waals surface area contributed by atoms with Gasteiger partial charge in [0.05, 0.1) is 0 Å². The second-order valence-corrected chi connectivity index (χ2v) is 3.00. The molecule has 0 radical (unpaired) electrons. The van der Waals surface area contributed by atoms with Gasteiger partial charge in [-0.3, -0.25) is 9.05 Å². The standard InChI is InChI=1S/C3H7.C2H7O4P.Na.H4OSi/c1-3-2;1-5-7(3,4)6-2;;1-2/h1,3H2,2H3;1-2H3,(H,3,4);;1H,2H3/q-1;;+1;. The Labute approximate surface area is 105 Å². The Bertz CT molecular complexity index is 107. The van der Waals surface area contributed by atoms with Gasteiger partial charge in [0.15, 0.2) is 0 Å². The fourth-order valence-corrected chi connectivity index (χ4v) is 0.224. The smallest absolute Gasteiger partial charge is 0.442 e. The van der Waals surface area contributed by atoms with Crippen molar-refractivity contribution in [3.8, 4) is 0 Å². The number of phosphoric acid groups is 1. The van der Waals surface area contributed by atoms with E-state index in [0.717, 1.165) is 20.6 Å². The Hall–Kier alpha value is 1.29. The minimum Gasteiger partial charge on any atom is -0.442 e. The van der Waals surface area contributed by atoms with Crippen molar-refractivity contribution in [2.75, 3.05) is 14.2 Å². The minimum atomic E-state index is -3.65. The summed E-state index contributed by atoms with van der Waals surface area (Å²) in [6, 6.07) is 0. The third-order valence-corrected chi connectivity index (χ3v) is 1.38. The Balaban J connectivity index is -0.0000000581. The van der Waals surface area contributed by atoms with Crippen LogP contribution < -0.4 is 29.6 Å². The molecule has 0 unspecified atom stereocenters. The van der Waals surface area contributed by atoms with E-state index in [0.29, 0.717) is 10.5 Å². The molecule has 0 amide bonds. The van der Waals surface area contributed by atoms with Gasteiger partial charge in [0.1, 0.15) is 10.5 Å². The average Bonchev–Trinajstić information content (AvgIpc) is 2.10. The van der Waals surface area contributed by atoms with Crippen molar-refractivity contribution in [3.63, 3.8) is 0 Å². The molecule has 78 valence electrons.